The third-order valence-electron chi connectivity index (χ3n) is 3.42. The van der Waals surface area contributed by atoms with Gasteiger partial charge in [-0.2, -0.15) is 18.3 Å². The molecule has 1 N–H and O–H groups in total. The number of aliphatic hydroxyl groups excluding tert-OH is 1. The van der Waals surface area contributed by atoms with E-state index in [0.29, 0.717) is 24.2 Å². The van der Waals surface area contributed by atoms with Gasteiger partial charge in [0, 0.05) is 18.9 Å². The fourth-order valence-electron chi connectivity index (χ4n) is 2.17. The maximum Gasteiger partial charge on any atom is 0.443 e. The third-order valence-corrected chi connectivity index (χ3v) is 4.56. The molecule has 0 fully saturated rings. The summed E-state index contributed by atoms with van der Waals surface area (Å²) in [5.41, 5.74) is 2.90. The second kappa shape index (κ2) is 5.76. The molecule has 4 nitrogen and oxygen atoms in total. The monoisotopic (exact) mass is 319 g/mol. The van der Waals surface area contributed by atoms with Gasteiger partial charge >= 0.3 is 6.18 Å². The zero-order valence-electron chi connectivity index (χ0n) is 11.9. The van der Waals surface area contributed by atoms with Crippen molar-refractivity contribution in [2.24, 2.45) is 7.05 Å². The SMILES string of the molecule is Cc1nn(C)c(C)c1CCC(O)c1cnc(C(F)(F)F)s1. The summed E-state index contributed by atoms with van der Waals surface area (Å²) in [6, 6.07) is 0. The lowest BCUT2D eigenvalue weighted by molar-refractivity contribution is -0.137. The van der Waals surface area contributed by atoms with Crippen molar-refractivity contribution in [1.29, 1.82) is 0 Å². The molecule has 8 heteroatoms. The number of aryl methyl sites for hydroxylation is 2. The van der Waals surface area contributed by atoms with Gasteiger partial charge in [-0.15, -0.1) is 11.3 Å². The van der Waals surface area contributed by atoms with Crippen molar-refractivity contribution < 1.29 is 18.3 Å². The average molecular weight is 319 g/mol. The van der Waals surface area contributed by atoms with Crippen LogP contribution in [0.4, 0.5) is 13.2 Å². The van der Waals surface area contributed by atoms with Gasteiger partial charge in [0.05, 0.1) is 16.7 Å². The Morgan fingerprint density at radius 1 is 1.38 bits per heavy atom. The Morgan fingerprint density at radius 2 is 2.05 bits per heavy atom. The van der Waals surface area contributed by atoms with E-state index in [4.69, 9.17) is 0 Å². The molecule has 2 aromatic rings. The molecule has 0 saturated heterocycles. The standard InChI is InChI=1S/C13H16F3N3OS/c1-7-9(8(2)19(3)18-7)4-5-10(20)11-6-17-12(21-11)13(14,15)16/h6,10,20H,4-5H2,1-3H3. The minimum absolute atomic E-state index is 0.238. The molecule has 0 saturated carbocycles. The lowest BCUT2D eigenvalue weighted by atomic mass is 10.0. The summed E-state index contributed by atoms with van der Waals surface area (Å²) in [7, 11) is 1.83. The van der Waals surface area contributed by atoms with E-state index in [1.165, 1.54) is 0 Å². The van der Waals surface area contributed by atoms with Gasteiger partial charge in [0.1, 0.15) is 0 Å². The molecular weight excluding hydrogens is 303 g/mol. The van der Waals surface area contributed by atoms with Crippen LogP contribution in [0.25, 0.3) is 0 Å². The predicted octanol–water partition coefficient (Wildman–Crippen LogP) is 3.18. The number of alkyl halides is 3. The summed E-state index contributed by atoms with van der Waals surface area (Å²) in [5, 5.41) is 13.4. The summed E-state index contributed by atoms with van der Waals surface area (Å²) in [5.74, 6) is 0. The van der Waals surface area contributed by atoms with Crippen LogP contribution in [-0.2, 0) is 19.6 Å². The number of halogens is 3. The Balaban J connectivity index is 2.05. The molecule has 0 amide bonds. The summed E-state index contributed by atoms with van der Waals surface area (Å²) in [6.45, 7) is 3.80. The maximum absolute atomic E-state index is 12.5. The van der Waals surface area contributed by atoms with E-state index in [-0.39, 0.29) is 4.88 Å². The first-order valence-electron chi connectivity index (χ1n) is 6.40. The Morgan fingerprint density at radius 3 is 2.52 bits per heavy atom. The van der Waals surface area contributed by atoms with Crippen LogP contribution >= 0.6 is 11.3 Å². The number of nitrogens with zero attached hydrogens (tertiary/aromatic N) is 3. The number of hydrogen-bond donors (Lipinski definition) is 1. The van der Waals surface area contributed by atoms with Crippen LogP contribution < -0.4 is 0 Å². The van der Waals surface area contributed by atoms with Gasteiger partial charge in [0.15, 0.2) is 5.01 Å². The molecule has 0 aliphatic heterocycles. The molecule has 2 rings (SSSR count). The summed E-state index contributed by atoms with van der Waals surface area (Å²) in [6.07, 6.45) is -3.41. The van der Waals surface area contributed by atoms with E-state index in [1.54, 1.807) is 4.68 Å². The summed E-state index contributed by atoms with van der Waals surface area (Å²) < 4.78 is 39.2. The molecule has 0 radical (unpaired) electrons. The highest BCUT2D eigenvalue weighted by Crippen LogP contribution is 2.35. The third kappa shape index (κ3) is 3.44. The first-order chi connectivity index (χ1) is 9.70. The number of rotatable bonds is 4. The number of thiazole rings is 1. The van der Waals surface area contributed by atoms with Crippen LogP contribution in [0.15, 0.2) is 6.20 Å². The Hall–Kier alpha value is -1.41. The van der Waals surface area contributed by atoms with Gasteiger partial charge in [-0.3, -0.25) is 4.68 Å². The molecule has 2 heterocycles. The summed E-state index contributed by atoms with van der Waals surface area (Å²) in [4.78, 5) is 3.56. The summed E-state index contributed by atoms with van der Waals surface area (Å²) >= 11 is 0.490. The smallest absolute Gasteiger partial charge is 0.388 e. The lowest BCUT2D eigenvalue weighted by Gasteiger charge is -2.08. The molecule has 116 valence electrons. The number of aliphatic hydroxyl groups is 1. The normalized spacial score (nSPS) is 13.7. The Labute approximate surface area is 124 Å². The molecule has 1 atom stereocenters. The molecule has 21 heavy (non-hydrogen) atoms. The quantitative estimate of drug-likeness (QED) is 0.941. The molecule has 0 spiro atoms. The topological polar surface area (TPSA) is 50.9 Å². The molecule has 0 aromatic carbocycles. The zero-order chi connectivity index (χ0) is 15.8. The van der Waals surface area contributed by atoms with Gasteiger partial charge in [-0.05, 0) is 32.3 Å². The highest BCUT2D eigenvalue weighted by atomic mass is 32.1. The molecule has 1 unspecified atom stereocenters. The van der Waals surface area contributed by atoms with Gasteiger partial charge in [-0.25, -0.2) is 4.98 Å². The second-order valence-electron chi connectivity index (χ2n) is 4.89. The van der Waals surface area contributed by atoms with E-state index < -0.39 is 17.3 Å². The first kappa shape index (κ1) is 16.0. The second-order valence-corrected chi connectivity index (χ2v) is 5.96. The van der Waals surface area contributed by atoms with Gasteiger partial charge in [0.2, 0.25) is 0 Å². The maximum atomic E-state index is 12.5. The molecule has 0 aliphatic rings. The highest BCUT2D eigenvalue weighted by molar-refractivity contribution is 7.11. The van der Waals surface area contributed by atoms with Crippen LogP contribution in [0.2, 0.25) is 0 Å². The van der Waals surface area contributed by atoms with Crippen molar-refractivity contribution in [2.45, 2.75) is 39.0 Å². The van der Waals surface area contributed by atoms with Crippen LogP contribution in [-0.4, -0.2) is 19.9 Å². The van der Waals surface area contributed by atoms with E-state index in [0.717, 1.165) is 23.1 Å². The van der Waals surface area contributed by atoms with Crippen molar-refractivity contribution in [3.63, 3.8) is 0 Å². The van der Waals surface area contributed by atoms with Crippen LogP contribution in [0.1, 0.15) is 39.4 Å². The van der Waals surface area contributed by atoms with Crippen LogP contribution in [0.5, 0.6) is 0 Å². The van der Waals surface area contributed by atoms with Gasteiger partial charge < -0.3 is 5.11 Å². The largest absolute Gasteiger partial charge is 0.443 e. The lowest BCUT2D eigenvalue weighted by Crippen LogP contribution is -2.03. The first-order valence-corrected chi connectivity index (χ1v) is 7.22. The fourth-order valence-corrected chi connectivity index (χ4v) is 2.98. The molecule has 0 aliphatic carbocycles. The predicted molar refractivity (Wildman–Crippen MR) is 73.1 cm³/mol. The minimum Gasteiger partial charge on any atom is -0.388 e. The van der Waals surface area contributed by atoms with Crippen molar-refractivity contribution in [3.8, 4) is 0 Å². The van der Waals surface area contributed by atoms with Crippen LogP contribution in [0.3, 0.4) is 0 Å². The number of hydrogen-bond acceptors (Lipinski definition) is 4. The minimum atomic E-state index is -4.46. The van der Waals surface area contributed by atoms with Crippen molar-refractivity contribution in [1.82, 2.24) is 14.8 Å². The number of aromatic nitrogens is 3. The van der Waals surface area contributed by atoms with E-state index in [2.05, 4.69) is 10.1 Å². The Kier molecular flexibility index (Phi) is 4.38. The highest BCUT2D eigenvalue weighted by Gasteiger charge is 2.35. The zero-order valence-corrected chi connectivity index (χ0v) is 12.7. The van der Waals surface area contributed by atoms with Crippen molar-refractivity contribution in [2.75, 3.05) is 0 Å². The van der Waals surface area contributed by atoms with Crippen LogP contribution in [0, 0.1) is 13.8 Å². The van der Waals surface area contributed by atoms with Gasteiger partial charge in [0.25, 0.3) is 0 Å². The molecule has 2 aromatic heterocycles. The molecule has 0 bridgehead atoms. The van der Waals surface area contributed by atoms with E-state index in [9.17, 15) is 18.3 Å². The molecular formula is C13H16F3N3OS. The average Bonchev–Trinajstić information content (AvgIpc) is 2.95. The van der Waals surface area contributed by atoms with Gasteiger partial charge in [-0.1, -0.05) is 0 Å². The Bertz CT molecular complexity index is 633. The van der Waals surface area contributed by atoms with Crippen molar-refractivity contribution in [3.05, 3.63) is 33.0 Å². The van der Waals surface area contributed by atoms with E-state index in [1.807, 2.05) is 20.9 Å². The van der Waals surface area contributed by atoms with Crippen molar-refractivity contribution >= 4 is 11.3 Å². The fraction of sp³-hybridized carbons (Fsp3) is 0.538. The van der Waals surface area contributed by atoms with E-state index >= 15 is 0 Å².